The summed E-state index contributed by atoms with van der Waals surface area (Å²) in [4.78, 5) is 26.7. The maximum absolute atomic E-state index is 12.7. The van der Waals surface area contributed by atoms with Gasteiger partial charge in [-0.15, -0.1) is 12.4 Å². The number of nitrogens with one attached hydrogen (secondary N) is 2. The third-order valence-corrected chi connectivity index (χ3v) is 5.94. The standard InChI is InChI=1S/C18H28ClN5O2.ClH/c1-12-17(19)13(2)24(22-12)11-16(25)23-8-4-5-14(10-23)9-21-18(26)15-6-3-7-20-15;/h14-15,20H,3-11H2,1-2H3,(H,21,26);1H. The van der Waals surface area contributed by atoms with E-state index in [1.54, 1.807) is 4.68 Å². The van der Waals surface area contributed by atoms with Crippen LogP contribution < -0.4 is 10.6 Å². The van der Waals surface area contributed by atoms with Crippen molar-refractivity contribution in [2.75, 3.05) is 26.2 Å². The molecule has 2 unspecified atom stereocenters. The summed E-state index contributed by atoms with van der Waals surface area (Å²) in [5.74, 6) is 0.450. The summed E-state index contributed by atoms with van der Waals surface area (Å²) in [5.41, 5.74) is 1.57. The lowest BCUT2D eigenvalue weighted by Gasteiger charge is -2.33. The van der Waals surface area contributed by atoms with E-state index in [4.69, 9.17) is 11.6 Å². The fourth-order valence-corrected chi connectivity index (χ4v) is 3.93. The van der Waals surface area contributed by atoms with Gasteiger partial charge in [0.2, 0.25) is 11.8 Å². The second-order valence-corrected chi connectivity index (χ2v) is 7.76. The van der Waals surface area contributed by atoms with E-state index in [1.807, 2.05) is 18.7 Å². The minimum atomic E-state index is -0.0490. The summed E-state index contributed by atoms with van der Waals surface area (Å²) in [7, 11) is 0. The highest BCUT2D eigenvalue weighted by molar-refractivity contribution is 6.31. The van der Waals surface area contributed by atoms with Crippen LogP contribution in [0.4, 0.5) is 0 Å². The molecular weight excluding hydrogens is 389 g/mol. The Labute approximate surface area is 171 Å². The molecule has 0 bridgehead atoms. The molecule has 27 heavy (non-hydrogen) atoms. The Morgan fingerprint density at radius 1 is 1.30 bits per heavy atom. The number of likely N-dealkylation sites (tertiary alicyclic amines) is 1. The van der Waals surface area contributed by atoms with Crippen molar-refractivity contribution in [2.24, 2.45) is 5.92 Å². The molecule has 2 aliphatic rings. The van der Waals surface area contributed by atoms with Crippen molar-refractivity contribution in [1.82, 2.24) is 25.3 Å². The van der Waals surface area contributed by atoms with E-state index < -0.39 is 0 Å². The van der Waals surface area contributed by atoms with Gasteiger partial charge in [0.1, 0.15) is 6.54 Å². The molecule has 0 spiro atoms. The molecule has 7 nitrogen and oxygen atoms in total. The number of rotatable bonds is 5. The van der Waals surface area contributed by atoms with Crippen molar-refractivity contribution in [1.29, 1.82) is 0 Å². The number of amides is 2. The zero-order valence-corrected chi connectivity index (χ0v) is 17.5. The summed E-state index contributed by atoms with van der Waals surface area (Å²) < 4.78 is 1.68. The van der Waals surface area contributed by atoms with Gasteiger partial charge in [-0.1, -0.05) is 11.6 Å². The summed E-state index contributed by atoms with van der Waals surface area (Å²) in [5, 5.41) is 11.2. The van der Waals surface area contributed by atoms with Gasteiger partial charge >= 0.3 is 0 Å². The average molecular weight is 418 g/mol. The summed E-state index contributed by atoms with van der Waals surface area (Å²) in [6.45, 7) is 6.93. The van der Waals surface area contributed by atoms with Gasteiger partial charge in [0.15, 0.2) is 0 Å². The maximum atomic E-state index is 12.7. The molecule has 1 aromatic rings. The van der Waals surface area contributed by atoms with Gasteiger partial charge in [-0.05, 0) is 52.0 Å². The normalized spacial score (nSPS) is 22.4. The van der Waals surface area contributed by atoms with Crippen LogP contribution in [0.15, 0.2) is 0 Å². The molecule has 3 heterocycles. The molecule has 0 saturated carbocycles. The van der Waals surface area contributed by atoms with Crippen molar-refractivity contribution >= 4 is 35.8 Å². The monoisotopic (exact) mass is 417 g/mol. The number of piperidine rings is 1. The summed E-state index contributed by atoms with van der Waals surface area (Å²) in [6, 6.07) is -0.0490. The molecule has 0 aromatic carbocycles. The molecule has 0 radical (unpaired) electrons. The second kappa shape index (κ2) is 9.75. The highest BCUT2D eigenvalue weighted by Crippen LogP contribution is 2.20. The third-order valence-electron chi connectivity index (χ3n) is 5.39. The zero-order chi connectivity index (χ0) is 18.7. The largest absolute Gasteiger partial charge is 0.354 e. The van der Waals surface area contributed by atoms with E-state index >= 15 is 0 Å². The Balaban J connectivity index is 0.00000261. The number of carbonyl (C=O) groups excluding carboxylic acids is 2. The Bertz CT molecular complexity index is 673. The molecule has 2 N–H and O–H groups in total. The molecule has 2 fully saturated rings. The van der Waals surface area contributed by atoms with Crippen molar-refractivity contribution in [3.63, 3.8) is 0 Å². The number of aromatic nitrogens is 2. The molecule has 2 aliphatic heterocycles. The van der Waals surface area contributed by atoms with E-state index in [0.29, 0.717) is 24.0 Å². The van der Waals surface area contributed by atoms with Crippen molar-refractivity contribution in [3.05, 3.63) is 16.4 Å². The first-order chi connectivity index (χ1) is 12.5. The third kappa shape index (κ3) is 5.36. The zero-order valence-electron chi connectivity index (χ0n) is 16.0. The van der Waals surface area contributed by atoms with Gasteiger partial charge in [0.25, 0.3) is 0 Å². The topological polar surface area (TPSA) is 79.3 Å². The Morgan fingerprint density at radius 3 is 2.70 bits per heavy atom. The first kappa shape index (κ1) is 22.0. The number of carbonyl (C=O) groups is 2. The molecule has 9 heteroatoms. The molecule has 0 aliphatic carbocycles. The van der Waals surface area contributed by atoms with Gasteiger partial charge in [-0.25, -0.2) is 0 Å². The van der Waals surface area contributed by atoms with E-state index in [2.05, 4.69) is 15.7 Å². The van der Waals surface area contributed by atoms with Crippen LogP contribution in [0.1, 0.15) is 37.1 Å². The lowest BCUT2D eigenvalue weighted by Crippen LogP contribution is -2.47. The quantitative estimate of drug-likeness (QED) is 0.763. The Morgan fingerprint density at radius 2 is 2.07 bits per heavy atom. The van der Waals surface area contributed by atoms with Crippen molar-refractivity contribution in [3.8, 4) is 0 Å². The second-order valence-electron chi connectivity index (χ2n) is 7.38. The summed E-state index contributed by atoms with van der Waals surface area (Å²) in [6.07, 6.45) is 3.96. The van der Waals surface area contributed by atoms with Crippen LogP contribution in [0.5, 0.6) is 0 Å². The van der Waals surface area contributed by atoms with Crippen LogP contribution >= 0.6 is 24.0 Å². The van der Waals surface area contributed by atoms with Crippen molar-refractivity contribution < 1.29 is 9.59 Å². The number of aryl methyl sites for hydroxylation is 1. The number of hydrogen-bond acceptors (Lipinski definition) is 4. The lowest BCUT2D eigenvalue weighted by molar-refractivity contribution is -0.133. The average Bonchev–Trinajstić information content (AvgIpc) is 3.26. The predicted molar refractivity (Wildman–Crippen MR) is 107 cm³/mol. The Kier molecular flexibility index (Phi) is 7.94. The van der Waals surface area contributed by atoms with Gasteiger partial charge in [0.05, 0.1) is 22.5 Å². The van der Waals surface area contributed by atoms with Crippen LogP contribution in [-0.2, 0) is 16.1 Å². The van der Waals surface area contributed by atoms with Crippen LogP contribution in [0.2, 0.25) is 5.02 Å². The number of nitrogens with zero attached hydrogens (tertiary/aromatic N) is 3. The Hall–Kier alpha value is -1.31. The highest BCUT2D eigenvalue weighted by atomic mass is 35.5. The molecule has 2 atom stereocenters. The molecule has 2 saturated heterocycles. The van der Waals surface area contributed by atoms with Gasteiger partial charge < -0.3 is 15.5 Å². The lowest BCUT2D eigenvalue weighted by atomic mass is 9.97. The number of hydrogen-bond donors (Lipinski definition) is 2. The highest BCUT2D eigenvalue weighted by Gasteiger charge is 2.27. The van der Waals surface area contributed by atoms with E-state index in [0.717, 1.165) is 50.2 Å². The van der Waals surface area contributed by atoms with Gasteiger partial charge in [0, 0.05) is 19.6 Å². The van der Waals surface area contributed by atoms with E-state index in [9.17, 15) is 9.59 Å². The molecular formula is C18H29Cl2N5O2. The predicted octanol–water partition coefficient (Wildman–Crippen LogP) is 1.68. The first-order valence-corrected chi connectivity index (χ1v) is 9.82. The maximum Gasteiger partial charge on any atom is 0.244 e. The fraction of sp³-hybridized carbons (Fsp3) is 0.722. The first-order valence-electron chi connectivity index (χ1n) is 9.44. The SMILES string of the molecule is Cc1nn(CC(=O)N2CCCC(CNC(=O)C3CCCN3)C2)c(C)c1Cl.Cl. The number of halogens is 2. The van der Waals surface area contributed by atoms with Crippen LogP contribution in [0.3, 0.4) is 0 Å². The summed E-state index contributed by atoms with van der Waals surface area (Å²) >= 11 is 6.16. The van der Waals surface area contributed by atoms with E-state index in [-0.39, 0.29) is 36.8 Å². The van der Waals surface area contributed by atoms with Crippen LogP contribution in [0, 0.1) is 19.8 Å². The smallest absolute Gasteiger partial charge is 0.244 e. The molecule has 2 amide bonds. The minimum absolute atomic E-state index is 0. The molecule has 3 rings (SSSR count). The van der Waals surface area contributed by atoms with E-state index in [1.165, 1.54) is 0 Å². The minimum Gasteiger partial charge on any atom is -0.354 e. The van der Waals surface area contributed by atoms with Gasteiger partial charge in [-0.2, -0.15) is 5.10 Å². The molecule has 1 aromatic heterocycles. The van der Waals surface area contributed by atoms with Gasteiger partial charge in [-0.3, -0.25) is 14.3 Å². The fourth-order valence-electron chi connectivity index (χ4n) is 3.79. The van der Waals surface area contributed by atoms with Crippen LogP contribution in [-0.4, -0.2) is 58.7 Å². The van der Waals surface area contributed by atoms with Crippen molar-refractivity contribution in [2.45, 2.75) is 52.1 Å². The molecule has 152 valence electrons. The van der Waals surface area contributed by atoms with Crippen LogP contribution in [0.25, 0.3) is 0 Å².